The summed E-state index contributed by atoms with van der Waals surface area (Å²) < 4.78 is 0. The van der Waals surface area contributed by atoms with Crippen LogP contribution in [0, 0.1) is 6.92 Å². The number of carbonyl (C=O) groups excluding carboxylic acids is 1. The van der Waals surface area contributed by atoms with E-state index in [4.69, 9.17) is 0 Å². The van der Waals surface area contributed by atoms with Crippen molar-refractivity contribution in [3.63, 3.8) is 0 Å². The van der Waals surface area contributed by atoms with E-state index in [-0.39, 0.29) is 5.91 Å². The lowest BCUT2D eigenvalue weighted by Crippen LogP contribution is -2.29. The average molecular weight is 300 g/mol. The zero-order chi connectivity index (χ0) is 15.9. The number of pyridine rings is 1. The molecule has 0 atom stereocenters. The van der Waals surface area contributed by atoms with Gasteiger partial charge in [0, 0.05) is 51.2 Å². The Morgan fingerprint density at radius 3 is 2.59 bits per heavy atom. The van der Waals surface area contributed by atoms with Gasteiger partial charge in [-0.15, -0.1) is 0 Å². The van der Waals surface area contributed by atoms with Gasteiger partial charge in [0.2, 0.25) is 0 Å². The second kappa shape index (κ2) is 7.35. The molecular formula is C15H20N6O. The third-order valence-corrected chi connectivity index (χ3v) is 2.94. The van der Waals surface area contributed by atoms with Gasteiger partial charge in [-0.2, -0.15) is 0 Å². The molecule has 0 fully saturated rings. The first kappa shape index (κ1) is 15.7. The molecule has 2 aromatic heterocycles. The minimum absolute atomic E-state index is 0.114. The van der Waals surface area contributed by atoms with E-state index in [1.807, 2.05) is 32.0 Å². The van der Waals surface area contributed by atoms with E-state index in [1.165, 1.54) is 0 Å². The highest BCUT2D eigenvalue weighted by Gasteiger charge is 2.05. The number of amides is 1. The zero-order valence-electron chi connectivity index (χ0n) is 13.0. The van der Waals surface area contributed by atoms with Crippen molar-refractivity contribution in [2.24, 2.45) is 0 Å². The van der Waals surface area contributed by atoms with Crippen molar-refractivity contribution in [1.29, 1.82) is 0 Å². The Kier molecular flexibility index (Phi) is 5.24. The van der Waals surface area contributed by atoms with Gasteiger partial charge in [0.05, 0.1) is 0 Å². The standard InChI is InChI=1S/C15H20N6O/c1-11-19-13(10-14(20-11)21(2)3)17-8-9-18-15(22)12-4-6-16-7-5-12/h4-7,10H,8-9H2,1-3H3,(H,18,22)(H,17,19,20). The Morgan fingerprint density at radius 1 is 1.18 bits per heavy atom. The molecule has 0 saturated heterocycles. The molecule has 0 bridgehead atoms. The third-order valence-electron chi connectivity index (χ3n) is 2.94. The lowest BCUT2D eigenvalue weighted by atomic mass is 10.2. The summed E-state index contributed by atoms with van der Waals surface area (Å²) in [6.07, 6.45) is 3.19. The highest BCUT2D eigenvalue weighted by Crippen LogP contribution is 2.12. The fraction of sp³-hybridized carbons (Fsp3) is 0.333. The van der Waals surface area contributed by atoms with Gasteiger partial charge in [-0.1, -0.05) is 0 Å². The lowest BCUT2D eigenvalue weighted by molar-refractivity contribution is 0.0955. The molecule has 2 rings (SSSR count). The van der Waals surface area contributed by atoms with Crippen LogP contribution in [0.3, 0.4) is 0 Å². The van der Waals surface area contributed by atoms with Gasteiger partial charge in [-0.3, -0.25) is 9.78 Å². The molecule has 2 heterocycles. The maximum Gasteiger partial charge on any atom is 0.251 e. The van der Waals surface area contributed by atoms with Crippen molar-refractivity contribution in [2.75, 3.05) is 37.4 Å². The first-order chi connectivity index (χ1) is 10.6. The van der Waals surface area contributed by atoms with Crippen LogP contribution in [-0.4, -0.2) is 48.0 Å². The quantitative estimate of drug-likeness (QED) is 0.777. The normalized spacial score (nSPS) is 10.1. The van der Waals surface area contributed by atoms with Crippen LogP contribution in [0.1, 0.15) is 16.2 Å². The van der Waals surface area contributed by atoms with Gasteiger partial charge in [0.25, 0.3) is 5.91 Å². The highest BCUT2D eigenvalue weighted by molar-refractivity contribution is 5.93. The molecule has 0 saturated carbocycles. The van der Waals surface area contributed by atoms with Crippen LogP contribution in [-0.2, 0) is 0 Å². The van der Waals surface area contributed by atoms with Crippen LogP contribution in [0.25, 0.3) is 0 Å². The van der Waals surface area contributed by atoms with Crippen molar-refractivity contribution >= 4 is 17.5 Å². The fourth-order valence-corrected chi connectivity index (χ4v) is 1.84. The van der Waals surface area contributed by atoms with Crippen molar-refractivity contribution in [1.82, 2.24) is 20.3 Å². The molecule has 0 radical (unpaired) electrons. The smallest absolute Gasteiger partial charge is 0.251 e. The van der Waals surface area contributed by atoms with Crippen LogP contribution in [0.2, 0.25) is 0 Å². The molecule has 116 valence electrons. The highest BCUT2D eigenvalue weighted by atomic mass is 16.1. The summed E-state index contributed by atoms with van der Waals surface area (Å²) in [6, 6.07) is 5.23. The van der Waals surface area contributed by atoms with Gasteiger partial charge >= 0.3 is 0 Å². The van der Waals surface area contributed by atoms with Crippen LogP contribution in [0.5, 0.6) is 0 Å². The predicted octanol–water partition coefficient (Wildman–Crippen LogP) is 1.09. The van der Waals surface area contributed by atoms with E-state index >= 15 is 0 Å². The van der Waals surface area contributed by atoms with E-state index in [1.54, 1.807) is 24.5 Å². The van der Waals surface area contributed by atoms with Crippen LogP contribution >= 0.6 is 0 Å². The Balaban J connectivity index is 1.83. The molecule has 22 heavy (non-hydrogen) atoms. The largest absolute Gasteiger partial charge is 0.368 e. The third kappa shape index (κ3) is 4.41. The molecule has 0 aliphatic heterocycles. The lowest BCUT2D eigenvalue weighted by Gasteiger charge is -2.14. The van der Waals surface area contributed by atoms with Crippen molar-refractivity contribution in [2.45, 2.75) is 6.92 Å². The van der Waals surface area contributed by atoms with E-state index in [2.05, 4.69) is 25.6 Å². The Morgan fingerprint density at radius 2 is 1.91 bits per heavy atom. The number of anilines is 2. The summed E-state index contributed by atoms with van der Waals surface area (Å²) in [5.41, 5.74) is 0.600. The van der Waals surface area contributed by atoms with Crippen molar-refractivity contribution in [3.05, 3.63) is 42.0 Å². The van der Waals surface area contributed by atoms with Gasteiger partial charge in [0.1, 0.15) is 17.5 Å². The number of nitrogens with one attached hydrogen (secondary N) is 2. The summed E-state index contributed by atoms with van der Waals surface area (Å²) >= 11 is 0. The van der Waals surface area contributed by atoms with E-state index in [0.717, 1.165) is 11.6 Å². The van der Waals surface area contributed by atoms with Gasteiger partial charge in [-0.25, -0.2) is 9.97 Å². The first-order valence-electron chi connectivity index (χ1n) is 7.01. The minimum Gasteiger partial charge on any atom is -0.368 e. The summed E-state index contributed by atoms with van der Waals surface area (Å²) in [5.74, 6) is 2.18. The molecule has 7 heteroatoms. The summed E-state index contributed by atoms with van der Waals surface area (Å²) in [7, 11) is 3.86. The van der Waals surface area contributed by atoms with Crippen molar-refractivity contribution < 1.29 is 4.79 Å². The van der Waals surface area contributed by atoms with Gasteiger partial charge < -0.3 is 15.5 Å². The van der Waals surface area contributed by atoms with E-state index in [9.17, 15) is 4.79 Å². The first-order valence-corrected chi connectivity index (χ1v) is 7.01. The molecule has 0 spiro atoms. The van der Waals surface area contributed by atoms with Gasteiger partial charge in [0.15, 0.2) is 0 Å². The number of hydrogen-bond donors (Lipinski definition) is 2. The second-order valence-corrected chi connectivity index (χ2v) is 4.97. The summed E-state index contributed by atoms with van der Waals surface area (Å²) in [6.45, 7) is 2.94. The fourth-order valence-electron chi connectivity index (χ4n) is 1.84. The van der Waals surface area contributed by atoms with Crippen LogP contribution < -0.4 is 15.5 Å². The molecule has 0 aliphatic carbocycles. The van der Waals surface area contributed by atoms with E-state index in [0.29, 0.717) is 24.5 Å². The molecule has 0 aromatic carbocycles. The number of hydrogen-bond acceptors (Lipinski definition) is 6. The molecular weight excluding hydrogens is 280 g/mol. The molecule has 1 amide bonds. The minimum atomic E-state index is -0.114. The zero-order valence-corrected chi connectivity index (χ0v) is 13.0. The predicted molar refractivity (Wildman–Crippen MR) is 86.2 cm³/mol. The Labute approximate surface area is 129 Å². The molecule has 7 nitrogen and oxygen atoms in total. The number of rotatable bonds is 6. The van der Waals surface area contributed by atoms with E-state index < -0.39 is 0 Å². The summed E-state index contributed by atoms with van der Waals surface area (Å²) in [5, 5.41) is 6.02. The SMILES string of the molecule is Cc1nc(NCCNC(=O)c2ccncc2)cc(N(C)C)n1. The Bertz CT molecular complexity index is 629. The maximum absolute atomic E-state index is 11.9. The van der Waals surface area contributed by atoms with Crippen LogP contribution in [0.4, 0.5) is 11.6 Å². The molecule has 2 aromatic rings. The maximum atomic E-state index is 11.9. The van der Waals surface area contributed by atoms with Crippen LogP contribution in [0.15, 0.2) is 30.6 Å². The topological polar surface area (TPSA) is 83.0 Å². The Hall–Kier alpha value is -2.70. The summed E-state index contributed by atoms with van der Waals surface area (Å²) in [4.78, 5) is 26.3. The van der Waals surface area contributed by atoms with Crippen molar-refractivity contribution in [3.8, 4) is 0 Å². The number of aromatic nitrogens is 3. The monoisotopic (exact) mass is 300 g/mol. The number of aryl methyl sites for hydroxylation is 1. The number of carbonyl (C=O) groups is 1. The second-order valence-electron chi connectivity index (χ2n) is 4.97. The number of nitrogens with zero attached hydrogens (tertiary/aromatic N) is 4. The molecule has 0 unspecified atom stereocenters. The average Bonchev–Trinajstić information content (AvgIpc) is 2.51. The molecule has 0 aliphatic rings. The van der Waals surface area contributed by atoms with Gasteiger partial charge in [-0.05, 0) is 19.1 Å². The molecule has 2 N–H and O–H groups in total.